The third-order valence-electron chi connectivity index (χ3n) is 1.53. The predicted molar refractivity (Wildman–Crippen MR) is 49.8 cm³/mol. The van der Waals surface area contributed by atoms with Crippen molar-refractivity contribution < 1.29 is 9.13 Å². The van der Waals surface area contributed by atoms with Gasteiger partial charge in [-0.2, -0.15) is 5.26 Å². The molecule has 1 rings (SSSR count). The van der Waals surface area contributed by atoms with E-state index >= 15 is 0 Å². The molecule has 0 aliphatic heterocycles. The van der Waals surface area contributed by atoms with Gasteiger partial charge in [0.1, 0.15) is 11.8 Å². The molecule has 0 amide bonds. The van der Waals surface area contributed by atoms with Crippen LogP contribution in [0.3, 0.4) is 0 Å². The zero-order valence-electron chi connectivity index (χ0n) is 6.77. The van der Waals surface area contributed by atoms with Crippen LogP contribution in [0, 0.1) is 17.1 Å². The summed E-state index contributed by atoms with van der Waals surface area (Å²) in [4.78, 5) is 0. The summed E-state index contributed by atoms with van der Waals surface area (Å²) in [5.41, 5.74) is 5.43. The molecule has 0 unspecified atom stereocenters. The molecule has 0 radical (unpaired) electrons. The lowest BCUT2D eigenvalue weighted by molar-refractivity contribution is 0.412. The van der Waals surface area contributed by atoms with Gasteiger partial charge < -0.3 is 10.5 Å². The minimum atomic E-state index is -0.615. The van der Waals surface area contributed by atoms with E-state index in [1.165, 1.54) is 13.2 Å². The van der Waals surface area contributed by atoms with E-state index in [2.05, 4.69) is 15.9 Å². The molecule has 0 aliphatic carbocycles. The lowest BCUT2D eigenvalue weighted by atomic mass is 10.2. The van der Waals surface area contributed by atoms with E-state index in [-0.39, 0.29) is 21.5 Å². The SMILES string of the molecule is COc1c(C#N)cc(Br)c(F)c1N. The molecule has 0 bridgehead atoms. The molecule has 13 heavy (non-hydrogen) atoms. The number of hydrogen-bond acceptors (Lipinski definition) is 3. The molecule has 1 aromatic rings. The van der Waals surface area contributed by atoms with E-state index < -0.39 is 5.82 Å². The maximum atomic E-state index is 13.1. The summed E-state index contributed by atoms with van der Waals surface area (Å²) >= 11 is 2.94. The van der Waals surface area contributed by atoms with E-state index in [9.17, 15) is 4.39 Å². The van der Waals surface area contributed by atoms with Gasteiger partial charge in [-0.05, 0) is 22.0 Å². The summed E-state index contributed by atoms with van der Waals surface area (Å²) in [6, 6.07) is 3.18. The lowest BCUT2D eigenvalue weighted by Gasteiger charge is -2.07. The van der Waals surface area contributed by atoms with Crippen LogP contribution in [0.15, 0.2) is 10.5 Å². The van der Waals surface area contributed by atoms with Crippen molar-refractivity contribution in [2.45, 2.75) is 0 Å². The molecule has 0 aromatic heterocycles. The van der Waals surface area contributed by atoms with Gasteiger partial charge in [0.05, 0.1) is 17.1 Å². The Balaban J connectivity index is 3.50. The molecule has 2 N–H and O–H groups in total. The third kappa shape index (κ3) is 1.58. The lowest BCUT2D eigenvalue weighted by Crippen LogP contribution is -1.99. The number of nitrogens with two attached hydrogens (primary N) is 1. The highest BCUT2D eigenvalue weighted by molar-refractivity contribution is 9.10. The minimum Gasteiger partial charge on any atom is -0.493 e. The van der Waals surface area contributed by atoms with Crippen LogP contribution in [0.2, 0.25) is 0 Å². The highest BCUT2D eigenvalue weighted by Crippen LogP contribution is 2.33. The average Bonchev–Trinajstić information content (AvgIpc) is 2.13. The molecule has 68 valence electrons. The van der Waals surface area contributed by atoms with Crippen LogP contribution in [0.4, 0.5) is 10.1 Å². The van der Waals surface area contributed by atoms with E-state index in [1.54, 1.807) is 0 Å². The van der Waals surface area contributed by atoms with E-state index in [0.717, 1.165) is 0 Å². The second-order valence-electron chi connectivity index (χ2n) is 2.28. The number of anilines is 1. The summed E-state index contributed by atoms with van der Waals surface area (Å²) in [5.74, 6) is -0.543. The number of hydrogen-bond donors (Lipinski definition) is 1. The summed E-state index contributed by atoms with van der Waals surface area (Å²) in [5, 5.41) is 8.66. The molecule has 0 saturated heterocycles. The van der Waals surface area contributed by atoms with Gasteiger partial charge in [0, 0.05) is 0 Å². The van der Waals surface area contributed by atoms with Gasteiger partial charge in [0.2, 0.25) is 0 Å². The second kappa shape index (κ2) is 3.62. The highest BCUT2D eigenvalue weighted by atomic mass is 79.9. The molecule has 5 heteroatoms. The molecule has 0 fully saturated rings. The number of rotatable bonds is 1. The first-order valence-corrected chi connectivity index (χ1v) is 4.12. The second-order valence-corrected chi connectivity index (χ2v) is 3.13. The number of benzene rings is 1. The average molecular weight is 245 g/mol. The summed E-state index contributed by atoms with van der Waals surface area (Å²) in [6.45, 7) is 0. The molecular weight excluding hydrogens is 239 g/mol. The molecule has 0 heterocycles. The van der Waals surface area contributed by atoms with Crippen molar-refractivity contribution in [2.75, 3.05) is 12.8 Å². The highest BCUT2D eigenvalue weighted by Gasteiger charge is 2.14. The molecule has 1 aromatic carbocycles. The topological polar surface area (TPSA) is 59.0 Å². The van der Waals surface area contributed by atoms with Crippen molar-refractivity contribution in [3.05, 3.63) is 21.9 Å². The van der Waals surface area contributed by atoms with E-state index in [0.29, 0.717) is 0 Å². The number of halogens is 2. The van der Waals surface area contributed by atoms with Gasteiger partial charge in [0.15, 0.2) is 11.6 Å². The predicted octanol–water partition coefficient (Wildman–Crippen LogP) is 2.05. The van der Waals surface area contributed by atoms with E-state index in [4.69, 9.17) is 15.7 Å². The smallest absolute Gasteiger partial charge is 0.164 e. The Bertz CT molecular complexity index is 387. The van der Waals surface area contributed by atoms with Crippen molar-refractivity contribution in [1.29, 1.82) is 5.26 Å². The zero-order valence-corrected chi connectivity index (χ0v) is 8.35. The Labute approximate surface area is 83.0 Å². The Morgan fingerprint density at radius 3 is 2.77 bits per heavy atom. The van der Waals surface area contributed by atoms with Crippen molar-refractivity contribution in [1.82, 2.24) is 0 Å². The van der Waals surface area contributed by atoms with Gasteiger partial charge in [-0.3, -0.25) is 0 Å². The largest absolute Gasteiger partial charge is 0.493 e. The van der Waals surface area contributed by atoms with Crippen LogP contribution in [-0.4, -0.2) is 7.11 Å². The maximum absolute atomic E-state index is 13.1. The van der Waals surface area contributed by atoms with Crippen LogP contribution in [0.1, 0.15) is 5.56 Å². The van der Waals surface area contributed by atoms with Crippen molar-refractivity contribution >= 4 is 21.6 Å². The quantitative estimate of drug-likeness (QED) is 0.770. The maximum Gasteiger partial charge on any atom is 0.164 e. The summed E-state index contributed by atoms with van der Waals surface area (Å²) in [7, 11) is 1.33. The molecule has 0 spiro atoms. The number of ether oxygens (including phenoxy) is 1. The fourth-order valence-corrected chi connectivity index (χ4v) is 1.37. The van der Waals surface area contributed by atoms with Crippen LogP contribution in [0.5, 0.6) is 5.75 Å². The van der Waals surface area contributed by atoms with Crippen molar-refractivity contribution in [3.63, 3.8) is 0 Å². The Morgan fingerprint density at radius 1 is 1.69 bits per heavy atom. The number of nitrogen functional groups attached to an aromatic ring is 1. The summed E-state index contributed by atoms with van der Waals surface area (Å²) in [6.07, 6.45) is 0. The van der Waals surface area contributed by atoms with Crippen LogP contribution >= 0.6 is 15.9 Å². The number of nitriles is 1. The van der Waals surface area contributed by atoms with Crippen molar-refractivity contribution in [2.24, 2.45) is 0 Å². The van der Waals surface area contributed by atoms with Crippen LogP contribution in [0.25, 0.3) is 0 Å². The van der Waals surface area contributed by atoms with Gasteiger partial charge >= 0.3 is 0 Å². The number of methoxy groups -OCH3 is 1. The first-order chi connectivity index (χ1) is 6.11. The van der Waals surface area contributed by atoms with Gasteiger partial charge in [-0.15, -0.1) is 0 Å². The molecule has 3 nitrogen and oxygen atoms in total. The first kappa shape index (κ1) is 9.81. The fourth-order valence-electron chi connectivity index (χ4n) is 0.932. The summed E-state index contributed by atoms with van der Waals surface area (Å²) < 4.78 is 18.1. The molecule has 0 saturated carbocycles. The van der Waals surface area contributed by atoms with Gasteiger partial charge in [-0.1, -0.05) is 0 Å². The van der Waals surface area contributed by atoms with Crippen LogP contribution in [-0.2, 0) is 0 Å². The molecule has 0 atom stereocenters. The fraction of sp³-hybridized carbons (Fsp3) is 0.125. The van der Waals surface area contributed by atoms with Gasteiger partial charge in [0.25, 0.3) is 0 Å². The number of nitrogens with zero attached hydrogens (tertiary/aromatic N) is 1. The molecular formula is C8H6BrFN2O. The van der Waals surface area contributed by atoms with Crippen molar-refractivity contribution in [3.8, 4) is 11.8 Å². The standard InChI is InChI=1S/C8H6BrFN2O/c1-13-8-4(3-11)2-5(9)6(10)7(8)12/h2H,12H2,1H3. The van der Waals surface area contributed by atoms with Gasteiger partial charge in [-0.25, -0.2) is 4.39 Å². The minimum absolute atomic E-state index is 0.0724. The zero-order chi connectivity index (χ0) is 10.0. The monoisotopic (exact) mass is 244 g/mol. The van der Waals surface area contributed by atoms with Crippen LogP contribution < -0.4 is 10.5 Å². The van der Waals surface area contributed by atoms with E-state index in [1.807, 2.05) is 6.07 Å². The normalized spacial score (nSPS) is 9.38. The third-order valence-corrected chi connectivity index (χ3v) is 2.11. The molecule has 0 aliphatic rings. The Hall–Kier alpha value is -1.28. The Kier molecular flexibility index (Phi) is 2.73. The Morgan fingerprint density at radius 2 is 2.31 bits per heavy atom. The first-order valence-electron chi connectivity index (χ1n) is 3.33.